The molecule has 2 heteroatoms. The third-order valence-corrected chi connectivity index (χ3v) is 4.82. The van der Waals surface area contributed by atoms with Gasteiger partial charge in [-0.3, -0.25) is 0 Å². The van der Waals surface area contributed by atoms with Gasteiger partial charge in [0.2, 0.25) is 0 Å². The normalized spacial score (nSPS) is 24.7. The second-order valence-electron chi connectivity index (χ2n) is 6.99. The van der Waals surface area contributed by atoms with Gasteiger partial charge in [-0.05, 0) is 12.8 Å². The molecule has 0 N–H and O–H groups in total. The van der Waals surface area contributed by atoms with E-state index in [1.54, 1.807) is 0 Å². The Morgan fingerprint density at radius 3 is 1.11 bits per heavy atom. The molecule has 0 aromatic carbocycles. The third-order valence-electron chi connectivity index (χ3n) is 4.82. The SMILES string of the molecule is CCC[N+]1(C)CCCC1.CCC[N+]1(C)CCCC1. The van der Waals surface area contributed by atoms with E-state index in [2.05, 4.69) is 27.9 Å². The second kappa shape index (κ2) is 7.49. The van der Waals surface area contributed by atoms with Gasteiger partial charge >= 0.3 is 0 Å². The maximum absolute atomic E-state index is 2.39. The molecule has 2 aliphatic rings. The average Bonchev–Trinajstić information content (AvgIpc) is 2.90. The maximum Gasteiger partial charge on any atom is 0.0786 e. The zero-order chi connectivity index (χ0) is 13.5. The number of likely N-dealkylation sites (tertiary alicyclic amines) is 2. The molecule has 0 aromatic rings. The Hall–Kier alpha value is -0.0800. The zero-order valence-electron chi connectivity index (χ0n) is 13.4. The van der Waals surface area contributed by atoms with Crippen molar-refractivity contribution in [3.8, 4) is 0 Å². The lowest BCUT2D eigenvalue weighted by Gasteiger charge is -2.28. The van der Waals surface area contributed by atoms with Gasteiger partial charge in [0.1, 0.15) is 0 Å². The van der Waals surface area contributed by atoms with Crippen LogP contribution in [0.2, 0.25) is 0 Å². The molecule has 0 spiro atoms. The second-order valence-corrected chi connectivity index (χ2v) is 6.99. The Balaban J connectivity index is 0.000000180. The minimum absolute atomic E-state index is 1.34. The number of hydrogen-bond acceptors (Lipinski definition) is 0. The van der Waals surface area contributed by atoms with E-state index in [1.165, 1.54) is 86.8 Å². The molecule has 18 heavy (non-hydrogen) atoms. The minimum atomic E-state index is 1.34. The summed E-state index contributed by atoms with van der Waals surface area (Å²) < 4.78 is 2.69. The molecule has 0 unspecified atom stereocenters. The van der Waals surface area contributed by atoms with Crippen molar-refractivity contribution in [3.63, 3.8) is 0 Å². The van der Waals surface area contributed by atoms with Crippen LogP contribution in [0.1, 0.15) is 52.4 Å². The van der Waals surface area contributed by atoms with Crippen LogP contribution in [0.3, 0.4) is 0 Å². The first-order valence-corrected chi connectivity index (χ1v) is 8.21. The first-order chi connectivity index (χ1) is 8.54. The van der Waals surface area contributed by atoms with Gasteiger partial charge in [0, 0.05) is 25.7 Å². The van der Waals surface area contributed by atoms with E-state index in [9.17, 15) is 0 Å². The van der Waals surface area contributed by atoms with Crippen LogP contribution >= 0.6 is 0 Å². The summed E-state index contributed by atoms with van der Waals surface area (Å²) in [5.41, 5.74) is 0. The molecule has 0 amide bonds. The standard InChI is InChI=1S/2C8H18N/c2*1-3-6-9(2)7-4-5-8-9/h2*3-8H2,1-2H3/q2*+1. The molecule has 2 aliphatic heterocycles. The van der Waals surface area contributed by atoms with Gasteiger partial charge in [-0.15, -0.1) is 0 Å². The Morgan fingerprint density at radius 1 is 0.611 bits per heavy atom. The van der Waals surface area contributed by atoms with Gasteiger partial charge in [-0.25, -0.2) is 0 Å². The fourth-order valence-corrected chi connectivity index (χ4v) is 3.72. The van der Waals surface area contributed by atoms with Crippen molar-refractivity contribution in [1.82, 2.24) is 0 Å². The van der Waals surface area contributed by atoms with Gasteiger partial charge in [0.25, 0.3) is 0 Å². The van der Waals surface area contributed by atoms with Crippen molar-refractivity contribution in [2.24, 2.45) is 0 Å². The van der Waals surface area contributed by atoms with Gasteiger partial charge in [-0.2, -0.15) is 0 Å². The van der Waals surface area contributed by atoms with Crippen LogP contribution in [0.25, 0.3) is 0 Å². The van der Waals surface area contributed by atoms with Gasteiger partial charge < -0.3 is 8.97 Å². The van der Waals surface area contributed by atoms with Crippen molar-refractivity contribution in [2.75, 3.05) is 53.4 Å². The average molecular weight is 256 g/mol. The van der Waals surface area contributed by atoms with E-state index in [-0.39, 0.29) is 0 Å². The highest BCUT2D eigenvalue weighted by Crippen LogP contribution is 2.16. The fraction of sp³-hybridized carbons (Fsp3) is 1.00. The van der Waals surface area contributed by atoms with Gasteiger partial charge in [0.15, 0.2) is 0 Å². The highest BCUT2D eigenvalue weighted by Gasteiger charge is 2.25. The molecule has 0 bridgehead atoms. The van der Waals surface area contributed by atoms with Gasteiger partial charge in [0.05, 0.1) is 53.4 Å². The molecular weight excluding hydrogens is 220 g/mol. The summed E-state index contributed by atoms with van der Waals surface area (Å²) in [5.74, 6) is 0. The van der Waals surface area contributed by atoms with Crippen molar-refractivity contribution >= 4 is 0 Å². The highest BCUT2D eigenvalue weighted by atomic mass is 15.3. The van der Waals surface area contributed by atoms with Crippen molar-refractivity contribution in [2.45, 2.75) is 52.4 Å². The summed E-state index contributed by atoms with van der Waals surface area (Å²) in [7, 11) is 4.77. The quantitative estimate of drug-likeness (QED) is 0.677. The van der Waals surface area contributed by atoms with Crippen LogP contribution in [0.4, 0.5) is 0 Å². The van der Waals surface area contributed by atoms with Crippen LogP contribution in [0.5, 0.6) is 0 Å². The fourth-order valence-electron chi connectivity index (χ4n) is 3.72. The van der Waals surface area contributed by atoms with Crippen LogP contribution in [-0.4, -0.2) is 62.3 Å². The summed E-state index contributed by atoms with van der Waals surface area (Å²) in [6, 6.07) is 0. The predicted octanol–water partition coefficient (Wildman–Crippen LogP) is 3.27. The lowest BCUT2D eigenvalue weighted by atomic mass is 10.4. The number of quaternary nitrogens is 2. The lowest BCUT2D eigenvalue weighted by Crippen LogP contribution is -2.41. The Labute approximate surface area is 115 Å². The molecular formula is C16H36N2+2. The van der Waals surface area contributed by atoms with E-state index in [0.29, 0.717) is 0 Å². The Kier molecular flexibility index (Phi) is 6.65. The molecule has 0 radical (unpaired) electrons. The van der Waals surface area contributed by atoms with Crippen molar-refractivity contribution in [3.05, 3.63) is 0 Å². The van der Waals surface area contributed by atoms with Gasteiger partial charge in [-0.1, -0.05) is 13.8 Å². The van der Waals surface area contributed by atoms with Crippen LogP contribution < -0.4 is 0 Å². The smallest absolute Gasteiger partial charge is 0.0786 e. The summed E-state index contributed by atoms with van der Waals surface area (Å²) >= 11 is 0. The Bertz CT molecular complexity index is 189. The molecule has 2 nitrogen and oxygen atoms in total. The van der Waals surface area contributed by atoms with E-state index < -0.39 is 0 Å². The van der Waals surface area contributed by atoms with Crippen LogP contribution in [0, 0.1) is 0 Å². The van der Waals surface area contributed by atoms with E-state index >= 15 is 0 Å². The summed E-state index contributed by atoms with van der Waals surface area (Å²) in [5, 5.41) is 0. The number of nitrogens with zero attached hydrogens (tertiary/aromatic N) is 2. The van der Waals surface area contributed by atoms with E-state index in [1.807, 2.05) is 0 Å². The summed E-state index contributed by atoms with van der Waals surface area (Å²) in [6.45, 7) is 13.0. The summed E-state index contributed by atoms with van der Waals surface area (Å²) in [4.78, 5) is 0. The first-order valence-electron chi connectivity index (χ1n) is 8.21. The molecule has 2 saturated heterocycles. The molecule has 0 atom stereocenters. The molecule has 2 rings (SSSR count). The molecule has 2 fully saturated rings. The number of rotatable bonds is 4. The minimum Gasteiger partial charge on any atom is -0.326 e. The summed E-state index contributed by atoms with van der Waals surface area (Å²) in [6.07, 6.45) is 8.51. The van der Waals surface area contributed by atoms with E-state index in [0.717, 1.165) is 0 Å². The predicted molar refractivity (Wildman–Crippen MR) is 80.6 cm³/mol. The highest BCUT2D eigenvalue weighted by molar-refractivity contribution is 4.51. The molecule has 0 aliphatic carbocycles. The maximum atomic E-state index is 2.39. The number of hydrogen-bond donors (Lipinski definition) is 0. The molecule has 108 valence electrons. The topological polar surface area (TPSA) is 0 Å². The van der Waals surface area contributed by atoms with Crippen molar-refractivity contribution in [1.29, 1.82) is 0 Å². The van der Waals surface area contributed by atoms with Crippen molar-refractivity contribution < 1.29 is 8.97 Å². The monoisotopic (exact) mass is 256 g/mol. The van der Waals surface area contributed by atoms with Crippen LogP contribution in [0.15, 0.2) is 0 Å². The third kappa shape index (κ3) is 5.27. The van der Waals surface area contributed by atoms with Crippen LogP contribution in [-0.2, 0) is 0 Å². The zero-order valence-corrected chi connectivity index (χ0v) is 13.4. The molecule has 0 aromatic heterocycles. The first kappa shape index (κ1) is 16.0. The lowest BCUT2D eigenvalue weighted by molar-refractivity contribution is -0.897. The van der Waals surface area contributed by atoms with E-state index in [4.69, 9.17) is 0 Å². The molecule has 0 saturated carbocycles. The molecule has 2 heterocycles. The Morgan fingerprint density at radius 2 is 0.889 bits per heavy atom. The largest absolute Gasteiger partial charge is 0.326 e.